The van der Waals surface area contributed by atoms with Crippen molar-refractivity contribution in [3.63, 3.8) is 0 Å². The second-order valence-electron chi connectivity index (χ2n) is 3.99. The molecule has 0 N–H and O–H groups in total. The number of hydrogen-bond acceptors (Lipinski definition) is 0. The molecule has 0 nitrogen and oxygen atoms in total. The van der Waals surface area contributed by atoms with Gasteiger partial charge in [0, 0.05) is 0 Å². The van der Waals surface area contributed by atoms with E-state index in [4.69, 9.17) is 0 Å². The molecule has 2 aromatic rings. The van der Waals surface area contributed by atoms with Gasteiger partial charge in [-0.2, -0.15) is 0 Å². The summed E-state index contributed by atoms with van der Waals surface area (Å²) in [7, 11) is 0. The van der Waals surface area contributed by atoms with Crippen LogP contribution in [0, 0.1) is 0 Å². The van der Waals surface area contributed by atoms with Crippen LogP contribution in [0.3, 0.4) is 0 Å². The highest BCUT2D eigenvalue weighted by Crippen LogP contribution is 2.19. The first kappa shape index (κ1) is 7.81. The lowest BCUT2D eigenvalue weighted by molar-refractivity contribution is 1.09. The van der Waals surface area contributed by atoms with Gasteiger partial charge in [0.05, 0.1) is 0 Å². The lowest BCUT2D eigenvalue weighted by Gasteiger charge is -2.11. The van der Waals surface area contributed by atoms with Gasteiger partial charge in [-0.05, 0) is 35.1 Å². The van der Waals surface area contributed by atoms with Crippen LogP contribution in [0.25, 0.3) is 0 Å². The van der Waals surface area contributed by atoms with E-state index in [9.17, 15) is 0 Å². The summed E-state index contributed by atoms with van der Waals surface area (Å²) in [6.07, 6.45) is 2.14. The number of benzene rings is 2. The minimum atomic E-state index is 1.07. The lowest BCUT2D eigenvalue weighted by Crippen LogP contribution is -1.97. The molecule has 0 unspecified atom stereocenters. The second kappa shape index (κ2) is 2.98. The van der Waals surface area contributed by atoms with Crippen molar-refractivity contribution in [2.45, 2.75) is 12.8 Å². The highest BCUT2D eigenvalue weighted by Gasteiger charge is 2.04. The van der Waals surface area contributed by atoms with Gasteiger partial charge in [-0.3, -0.25) is 0 Å². The standard InChI is InChI=1S/C14H12/c1-3-11-7-12(4-1)10-14-6-2-5-13(8-14)9-11/h1-8H,9-10H2. The fraction of sp³-hybridized carbons (Fsp3) is 0.143. The molecule has 2 aromatic carbocycles. The first-order valence-electron chi connectivity index (χ1n) is 5.06. The molecule has 0 atom stereocenters. The topological polar surface area (TPSA) is 0 Å². The van der Waals surface area contributed by atoms with Crippen LogP contribution in [-0.2, 0) is 12.8 Å². The van der Waals surface area contributed by atoms with Gasteiger partial charge >= 0.3 is 0 Å². The van der Waals surface area contributed by atoms with E-state index < -0.39 is 0 Å². The molecule has 14 heavy (non-hydrogen) atoms. The quantitative estimate of drug-likeness (QED) is 0.498. The van der Waals surface area contributed by atoms with E-state index in [1.54, 1.807) is 0 Å². The summed E-state index contributed by atoms with van der Waals surface area (Å²) in [5, 5.41) is 0. The third-order valence-electron chi connectivity index (χ3n) is 2.80. The van der Waals surface area contributed by atoms with E-state index >= 15 is 0 Å². The van der Waals surface area contributed by atoms with Crippen LogP contribution in [0.15, 0.2) is 48.5 Å². The molecule has 0 heteroatoms. The summed E-state index contributed by atoms with van der Waals surface area (Å²) >= 11 is 0. The lowest BCUT2D eigenvalue weighted by atomic mass is 9.94. The van der Waals surface area contributed by atoms with Crippen LogP contribution < -0.4 is 0 Å². The molecular weight excluding hydrogens is 168 g/mol. The highest BCUT2D eigenvalue weighted by molar-refractivity contribution is 5.37. The molecule has 68 valence electrons. The Hall–Kier alpha value is -1.56. The van der Waals surface area contributed by atoms with Crippen LogP contribution in [0.4, 0.5) is 0 Å². The average Bonchev–Trinajstić information content (AvgIpc) is 2.17. The van der Waals surface area contributed by atoms with Crippen LogP contribution in [0.2, 0.25) is 0 Å². The second-order valence-corrected chi connectivity index (χ2v) is 3.99. The van der Waals surface area contributed by atoms with Crippen molar-refractivity contribution < 1.29 is 0 Å². The van der Waals surface area contributed by atoms with Gasteiger partial charge in [0.15, 0.2) is 0 Å². The van der Waals surface area contributed by atoms with Crippen molar-refractivity contribution in [3.8, 4) is 0 Å². The SMILES string of the molecule is c1cc2cc(c1)Cc1cccc(c1)C2. The Kier molecular flexibility index (Phi) is 1.66. The van der Waals surface area contributed by atoms with Gasteiger partial charge in [0.1, 0.15) is 0 Å². The summed E-state index contributed by atoms with van der Waals surface area (Å²) in [5.74, 6) is 0. The average molecular weight is 180 g/mol. The summed E-state index contributed by atoms with van der Waals surface area (Å²) in [6.45, 7) is 0. The van der Waals surface area contributed by atoms with Crippen molar-refractivity contribution >= 4 is 0 Å². The number of hydrogen-bond donors (Lipinski definition) is 0. The smallest absolute Gasteiger partial charge is 0.00256 e. The van der Waals surface area contributed by atoms with E-state index in [-0.39, 0.29) is 0 Å². The van der Waals surface area contributed by atoms with Crippen molar-refractivity contribution in [2.75, 3.05) is 0 Å². The van der Waals surface area contributed by atoms with Crippen molar-refractivity contribution in [3.05, 3.63) is 70.8 Å². The van der Waals surface area contributed by atoms with Crippen LogP contribution >= 0.6 is 0 Å². The first-order valence-corrected chi connectivity index (χ1v) is 5.06. The third kappa shape index (κ3) is 1.33. The van der Waals surface area contributed by atoms with Crippen LogP contribution in [0.1, 0.15) is 22.3 Å². The van der Waals surface area contributed by atoms with Crippen LogP contribution in [0.5, 0.6) is 0 Å². The monoisotopic (exact) mass is 180 g/mol. The summed E-state index contributed by atoms with van der Waals surface area (Å²) in [5.41, 5.74) is 5.72. The fourth-order valence-corrected chi connectivity index (χ4v) is 2.17. The Morgan fingerprint density at radius 3 is 1.29 bits per heavy atom. The van der Waals surface area contributed by atoms with Gasteiger partial charge in [-0.25, -0.2) is 0 Å². The van der Waals surface area contributed by atoms with Crippen molar-refractivity contribution in [1.29, 1.82) is 0 Å². The zero-order valence-corrected chi connectivity index (χ0v) is 8.03. The molecular formula is C14H12. The van der Waals surface area contributed by atoms with Crippen molar-refractivity contribution in [1.82, 2.24) is 0 Å². The summed E-state index contributed by atoms with van der Waals surface area (Å²) < 4.78 is 0. The van der Waals surface area contributed by atoms with Gasteiger partial charge in [-0.15, -0.1) is 0 Å². The molecule has 0 aliphatic heterocycles. The van der Waals surface area contributed by atoms with Gasteiger partial charge in [0.2, 0.25) is 0 Å². The summed E-state index contributed by atoms with van der Waals surface area (Å²) in [4.78, 5) is 0. The molecule has 0 amide bonds. The predicted octanol–water partition coefficient (Wildman–Crippen LogP) is 3.18. The van der Waals surface area contributed by atoms with Crippen LogP contribution in [-0.4, -0.2) is 0 Å². The van der Waals surface area contributed by atoms with E-state index in [1.165, 1.54) is 22.3 Å². The maximum atomic E-state index is 2.32. The Morgan fingerprint density at radius 1 is 0.571 bits per heavy atom. The Labute approximate surface area is 84.2 Å². The summed E-state index contributed by atoms with van der Waals surface area (Å²) in [6, 6.07) is 17.8. The Bertz CT molecular complexity index is 389. The van der Waals surface area contributed by atoms with Gasteiger partial charge in [0.25, 0.3) is 0 Å². The van der Waals surface area contributed by atoms with E-state index in [0.717, 1.165) is 12.8 Å². The molecule has 0 spiro atoms. The van der Waals surface area contributed by atoms with E-state index in [1.807, 2.05) is 0 Å². The molecule has 3 rings (SSSR count). The molecule has 0 radical (unpaired) electrons. The maximum absolute atomic E-state index is 2.32. The van der Waals surface area contributed by atoms with E-state index in [0.29, 0.717) is 0 Å². The fourth-order valence-electron chi connectivity index (χ4n) is 2.17. The minimum absolute atomic E-state index is 1.07. The molecule has 0 saturated heterocycles. The van der Waals surface area contributed by atoms with Gasteiger partial charge < -0.3 is 0 Å². The van der Waals surface area contributed by atoms with Crippen molar-refractivity contribution in [2.24, 2.45) is 0 Å². The molecule has 1 aliphatic carbocycles. The Balaban J connectivity index is 2.17. The maximum Gasteiger partial charge on any atom is -0.00256 e. The molecule has 0 heterocycles. The van der Waals surface area contributed by atoms with E-state index in [2.05, 4.69) is 48.5 Å². The largest absolute Gasteiger partial charge is 0.0617 e. The zero-order valence-electron chi connectivity index (χ0n) is 8.03. The predicted molar refractivity (Wildman–Crippen MR) is 58.5 cm³/mol. The molecule has 0 aromatic heterocycles. The first-order chi connectivity index (χ1) is 6.90. The highest BCUT2D eigenvalue weighted by atomic mass is 14.1. The molecule has 0 saturated carbocycles. The minimum Gasteiger partial charge on any atom is -0.0617 e. The zero-order chi connectivity index (χ0) is 9.38. The molecule has 4 bridgehead atoms. The number of fused-ring (bicyclic) bond motifs is 4. The third-order valence-corrected chi connectivity index (χ3v) is 2.80. The molecule has 1 aliphatic rings. The van der Waals surface area contributed by atoms with Gasteiger partial charge in [-0.1, -0.05) is 48.5 Å². The normalized spacial score (nSPS) is 13.1. The Morgan fingerprint density at radius 2 is 0.929 bits per heavy atom. The number of rotatable bonds is 0. The molecule has 0 fully saturated rings.